The van der Waals surface area contributed by atoms with Crippen molar-refractivity contribution in [3.63, 3.8) is 0 Å². The summed E-state index contributed by atoms with van der Waals surface area (Å²) in [6.45, 7) is 1.55. The molecule has 0 aliphatic rings. The summed E-state index contributed by atoms with van der Waals surface area (Å²) in [5.41, 5.74) is 2.93. The van der Waals surface area contributed by atoms with Crippen molar-refractivity contribution in [2.45, 2.75) is 29.5 Å². The van der Waals surface area contributed by atoms with Crippen molar-refractivity contribution in [1.29, 1.82) is 0 Å². The first-order valence-corrected chi connectivity index (χ1v) is 11.3. The number of aromatic hydroxyl groups is 1. The van der Waals surface area contributed by atoms with Crippen LogP contribution in [0, 0.1) is 30.3 Å². The number of phenolic OH excluding ortho intramolecular Hbond substituents is 1. The first-order valence-electron chi connectivity index (χ1n) is 9.76. The maximum Gasteiger partial charge on any atom is 0.324 e. The summed E-state index contributed by atoms with van der Waals surface area (Å²) >= 11 is 23.4. The van der Waals surface area contributed by atoms with E-state index in [0.717, 1.165) is 38.8 Å². The molecule has 0 radical (unpaired) electrons. The highest BCUT2D eigenvalue weighted by molar-refractivity contribution is 6.66. The van der Waals surface area contributed by atoms with E-state index in [9.17, 15) is 30.3 Å². The summed E-state index contributed by atoms with van der Waals surface area (Å²) in [5, 5.41) is 43.7. The van der Waals surface area contributed by atoms with Crippen LogP contribution in [0.2, 0.25) is 5.15 Å². The van der Waals surface area contributed by atoms with E-state index in [2.05, 4.69) is 10.3 Å². The summed E-state index contributed by atoms with van der Waals surface area (Å²) in [5.74, 6) is -0.590. The lowest BCUT2D eigenvalue weighted by Gasteiger charge is -2.13. The highest BCUT2D eigenvalue weighted by Gasteiger charge is 2.30. The number of phenols is 1. The van der Waals surface area contributed by atoms with E-state index >= 15 is 0 Å². The number of hydrogen-bond acceptors (Lipinski definition) is 10. The smallest absolute Gasteiger partial charge is 0.324 e. The molecule has 0 unspecified atom stereocenters. The van der Waals surface area contributed by atoms with Gasteiger partial charge in [0.2, 0.25) is 3.79 Å². The molecule has 17 heteroatoms. The highest BCUT2D eigenvalue weighted by atomic mass is 35.6. The second-order valence-electron chi connectivity index (χ2n) is 6.80. The second-order valence-corrected chi connectivity index (χ2v) is 9.46. The number of halogens is 4. The molecule has 4 N–H and O–H groups in total. The third-order valence-electron chi connectivity index (χ3n) is 4.22. The first kappa shape index (κ1) is 30.3. The van der Waals surface area contributed by atoms with Crippen molar-refractivity contribution < 1.29 is 19.9 Å². The molecule has 1 aromatic heterocycles. The molecule has 0 aliphatic carbocycles. The first-order chi connectivity index (χ1) is 16.3. The monoisotopic (exact) mass is 572 g/mol. The quantitative estimate of drug-likeness (QED) is 0.105. The summed E-state index contributed by atoms with van der Waals surface area (Å²) < 4.78 is -1.50. The Morgan fingerprint density at radius 1 is 0.914 bits per heavy atom. The maximum atomic E-state index is 10.4. The molecule has 35 heavy (non-hydrogen) atoms. The minimum atomic E-state index is -1.50. The Balaban J connectivity index is 0.000000355. The fraction of sp³-hybridized carbons (Fsp3) is 0.389. The van der Waals surface area contributed by atoms with Crippen LogP contribution < -0.4 is 11.1 Å². The molecular weight excluding hydrogens is 554 g/mol. The van der Waals surface area contributed by atoms with Gasteiger partial charge in [0.05, 0.1) is 26.9 Å². The van der Waals surface area contributed by atoms with E-state index in [-0.39, 0.29) is 0 Å². The van der Waals surface area contributed by atoms with Crippen molar-refractivity contribution in [3.05, 3.63) is 65.3 Å². The third kappa shape index (κ3) is 10.2. The van der Waals surface area contributed by atoms with Gasteiger partial charge in [-0.25, -0.2) is 4.98 Å². The topological polar surface area (TPSA) is 201 Å². The van der Waals surface area contributed by atoms with Crippen LogP contribution >= 0.6 is 46.4 Å². The molecule has 192 valence electrons. The molecule has 0 saturated heterocycles. The number of unbranched alkanes of at least 4 members (excludes halogenated alkanes) is 3. The maximum absolute atomic E-state index is 10.4. The van der Waals surface area contributed by atoms with Gasteiger partial charge in [-0.2, -0.15) is 0 Å². The van der Waals surface area contributed by atoms with Gasteiger partial charge in [0.15, 0.2) is 0 Å². The SMILES string of the molecule is NCCCCCCNc1cc(C(Cl)(Cl)Cl)cc(Cl)n1.O=[N+]([O-])c1cc([N+](=O)[O-])c(O)c([N+](=O)[O-])c1. The average molecular weight is 574 g/mol. The zero-order valence-electron chi connectivity index (χ0n) is 17.8. The zero-order valence-corrected chi connectivity index (χ0v) is 20.9. The molecule has 13 nitrogen and oxygen atoms in total. The number of rotatable bonds is 10. The standard InChI is InChI=1S/C12H17Cl4N3.C6H3N3O7/c13-10-7-9(12(14,15)16)8-11(19-10)18-6-4-2-1-3-5-17;10-6-4(8(13)14)1-3(7(11)12)2-5(6)9(15)16/h7-8H,1-6,17H2,(H,18,19);1-2,10H. The fourth-order valence-electron chi connectivity index (χ4n) is 2.56. The van der Waals surface area contributed by atoms with Gasteiger partial charge in [0, 0.05) is 12.1 Å². The minimum Gasteiger partial charge on any atom is -0.497 e. The Bertz CT molecular complexity index is 1030. The molecule has 0 aliphatic heterocycles. The number of non-ortho nitro benzene ring substituents is 1. The Kier molecular flexibility index (Phi) is 12.1. The van der Waals surface area contributed by atoms with Crippen molar-refractivity contribution >= 4 is 69.3 Å². The van der Waals surface area contributed by atoms with Crippen LogP contribution in [-0.2, 0) is 3.79 Å². The number of nitro groups is 3. The largest absolute Gasteiger partial charge is 0.497 e. The number of nitrogens with zero attached hydrogens (tertiary/aromatic N) is 4. The molecule has 0 bridgehead atoms. The van der Waals surface area contributed by atoms with Crippen molar-refractivity contribution in [2.75, 3.05) is 18.4 Å². The summed E-state index contributed by atoms with van der Waals surface area (Å²) in [4.78, 5) is 31.9. The predicted molar refractivity (Wildman–Crippen MR) is 133 cm³/mol. The second kappa shape index (κ2) is 14.0. The number of alkyl halides is 3. The van der Waals surface area contributed by atoms with Gasteiger partial charge in [0.25, 0.3) is 11.4 Å². The minimum absolute atomic E-state index is 0.300. The Morgan fingerprint density at radius 2 is 1.46 bits per heavy atom. The predicted octanol–water partition coefficient (Wildman–Crippen LogP) is 5.61. The van der Waals surface area contributed by atoms with Crippen LogP contribution in [0.25, 0.3) is 0 Å². The van der Waals surface area contributed by atoms with Crippen molar-refractivity contribution in [2.24, 2.45) is 5.73 Å². The fourth-order valence-corrected chi connectivity index (χ4v) is 3.10. The van der Waals surface area contributed by atoms with Gasteiger partial charge in [-0.05, 0) is 31.5 Å². The molecule has 0 fully saturated rings. The van der Waals surface area contributed by atoms with Crippen LogP contribution in [0.4, 0.5) is 22.9 Å². The zero-order chi connectivity index (χ0) is 26.8. The molecule has 0 saturated carbocycles. The molecule has 0 amide bonds. The van der Waals surface area contributed by atoms with E-state index in [1.54, 1.807) is 12.1 Å². The van der Waals surface area contributed by atoms with Crippen LogP contribution in [0.3, 0.4) is 0 Å². The Morgan fingerprint density at radius 3 is 1.91 bits per heavy atom. The lowest BCUT2D eigenvalue weighted by atomic mass is 10.2. The average Bonchev–Trinajstić information content (AvgIpc) is 2.75. The Labute approximate surface area is 218 Å². The summed E-state index contributed by atoms with van der Waals surface area (Å²) in [7, 11) is 0. The van der Waals surface area contributed by atoms with Gasteiger partial charge in [-0.1, -0.05) is 59.2 Å². The molecule has 1 aromatic carbocycles. The van der Waals surface area contributed by atoms with Gasteiger partial charge in [-0.3, -0.25) is 30.3 Å². The molecule has 1 heterocycles. The van der Waals surface area contributed by atoms with Gasteiger partial charge >= 0.3 is 11.4 Å². The van der Waals surface area contributed by atoms with Crippen LogP contribution in [0.15, 0.2) is 24.3 Å². The number of hydrogen-bond donors (Lipinski definition) is 3. The molecule has 0 atom stereocenters. The Hall–Kier alpha value is -2.71. The molecule has 2 rings (SSSR count). The summed E-state index contributed by atoms with van der Waals surface area (Å²) in [6.07, 6.45) is 4.37. The number of nitro benzene ring substituents is 3. The number of pyridine rings is 1. The molecule has 0 spiro atoms. The number of benzene rings is 1. The number of anilines is 1. The molecule has 2 aromatic rings. The van der Waals surface area contributed by atoms with Crippen LogP contribution in [0.5, 0.6) is 5.75 Å². The van der Waals surface area contributed by atoms with E-state index in [1.165, 1.54) is 0 Å². The van der Waals surface area contributed by atoms with Crippen LogP contribution in [0.1, 0.15) is 31.2 Å². The third-order valence-corrected chi connectivity index (χ3v) is 5.07. The van der Waals surface area contributed by atoms with Gasteiger partial charge in [-0.15, -0.1) is 0 Å². The number of aromatic nitrogens is 1. The van der Waals surface area contributed by atoms with Gasteiger partial charge < -0.3 is 16.2 Å². The summed E-state index contributed by atoms with van der Waals surface area (Å²) in [6, 6.07) is 4.13. The molecular formula is C18H20Cl4N6O7. The van der Waals surface area contributed by atoms with E-state index in [0.29, 0.717) is 28.7 Å². The lowest BCUT2D eigenvalue weighted by molar-refractivity contribution is -0.404. The number of nitrogens with two attached hydrogens (primary N) is 1. The normalized spacial score (nSPS) is 10.8. The van der Waals surface area contributed by atoms with E-state index in [4.69, 9.17) is 57.2 Å². The lowest BCUT2D eigenvalue weighted by Crippen LogP contribution is -2.07. The van der Waals surface area contributed by atoms with Gasteiger partial charge in [0.1, 0.15) is 11.0 Å². The van der Waals surface area contributed by atoms with Crippen molar-refractivity contribution in [1.82, 2.24) is 4.98 Å². The van der Waals surface area contributed by atoms with E-state index in [1.807, 2.05) is 0 Å². The van der Waals surface area contributed by atoms with Crippen LogP contribution in [-0.4, -0.2) is 37.9 Å². The van der Waals surface area contributed by atoms with E-state index < -0.39 is 41.4 Å². The number of nitrogens with one attached hydrogen (secondary N) is 1. The van der Waals surface area contributed by atoms with Crippen molar-refractivity contribution in [3.8, 4) is 5.75 Å². The highest BCUT2D eigenvalue weighted by Crippen LogP contribution is 2.40.